The SMILES string of the molecule is CCc1cccc(-n2nnn(C)c2=O)c1COc1ccc(-c2nc(C)cs2)cc1C. The summed E-state index contributed by atoms with van der Waals surface area (Å²) in [5.41, 5.74) is 5.59. The molecule has 8 heteroatoms. The van der Waals surface area contributed by atoms with Gasteiger partial charge in [-0.25, -0.2) is 9.78 Å². The summed E-state index contributed by atoms with van der Waals surface area (Å²) in [6.07, 6.45) is 0.822. The van der Waals surface area contributed by atoms with Gasteiger partial charge in [0.15, 0.2) is 0 Å². The summed E-state index contributed by atoms with van der Waals surface area (Å²) in [4.78, 5) is 16.9. The maximum absolute atomic E-state index is 12.4. The van der Waals surface area contributed by atoms with Gasteiger partial charge in [0, 0.05) is 29.2 Å². The predicted octanol–water partition coefficient (Wildman–Crippen LogP) is 3.85. The van der Waals surface area contributed by atoms with Crippen LogP contribution in [0, 0.1) is 13.8 Å². The van der Waals surface area contributed by atoms with Crippen molar-refractivity contribution < 1.29 is 4.74 Å². The molecule has 0 aliphatic rings. The topological polar surface area (TPSA) is 74.8 Å². The molecule has 0 aliphatic carbocycles. The maximum atomic E-state index is 12.4. The minimum Gasteiger partial charge on any atom is -0.489 e. The van der Waals surface area contributed by atoms with E-state index in [0.29, 0.717) is 12.3 Å². The van der Waals surface area contributed by atoms with Crippen LogP contribution in [0.2, 0.25) is 0 Å². The molecule has 0 saturated heterocycles. The third-order valence-corrected chi connectivity index (χ3v) is 6.00. The van der Waals surface area contributed by atoms with Gasteiger partial charge in [-0.2, -0.15) is 9.36 Å². The van der Waals surface area contributed by atoms with Crippen molar-refractivity contribution in [2.75, 3.05) is 0 Å². The number of nitrogens with zero attached hydrogens (tertiary/aromatic N) is 5. The number of tetrazole rings is 1. The first-order valence-corrected chi connectivity index (χ1v) is 10.6. The first kappa shape index (κ1) is 20.0. The highest BCUT2D eigenvalue weighted by Crippen LogP contribution is 2.29. The summed E-state index contributed by atoms with van der Waals surface area (Å²) in [6, 6.07) is 11.9. The lowest BCUT2D eigenvalue weighted by Crippen LogP contribution is -2.23. The molecule has 30 heavy (non-hydrogen) atoms. The van der Waals surface area contributed by atoms with Gasteiger partial charge in [0.1, 0.15) is 17.4 Å². The predicted molar refractivity (Wildman–Crippen MR) is 117 cm³/mol. The van der Waals surface area contributed by atoms with Crippen molar-refractivity contribution in [2.24, 2.45) is 7.05 Å². The summed E-state index contributed by atoms with van der Waals surface area (Å²) in [7, 11) is 1.58. The molecule has 2 aromatic carbocycles. The molecule has 0 fully saturated rings. The Kier molecular flexibility index (Phi) is 5.50. The number of rotatable bonds is 6. The molecule has 2 aromatic heterocycles. The molecular weight excluding hydrogens is 398 g/mol. The average Bonchev–Trinajstić information content (AvgIpc) is 3.32. The van der Waals surface area contributed by atoms with Gasteiger partial charge in [-0.05, 0) is 66.1 Å². The minimum absolute atomic E-state index is 0.288. The molecule has 4 aromatic rings. The molecule has 0 N–H and O–H groups in total. The van der Waals surface area contributed by atoms with E-state index in [1.54, 1.807) is 18.4 Å². The van der Waals surface area contributed by atoms with Crippen LogP contribution in [-0.4, -0.2) is 24.8 Å². The normalized spacial score (nSPS) is 11.1. The molecule has 0 spiro atoms. The molecule has 0 radical (unpaired) electrons. The number of hydrogen-bond donors (Lipinski definition) is 0. The Labute approximate surface area is 178 Å². The first-order valence-electron chi connectivity index (χ1n) is 9.74. The second-order valence-electron chi connectivity index (χ2n) is 7.13. The van der Waals surface area contributed by atoms with Gasteiger partial charge in [0.2, 0.25) is 0 Å². The third kappa shape index (κ3) is 3.78. The van der Waals surface area contributed by atoms with Crippen molar-refractivity contribution in [1.82, 2.24) is 24.8 Å². The smallest absolute Gasteiger partial charge is 0.368 e. The quantitative estimate of drug-likeness (QED) is 0.473. The number of hydrogen-bond acceptors (Lipinski definition) is 6. The molecule has 0 saturated carbocycles. The Morgan fingerprint density at radius 3 is 2.60 bits per heavy atom. The van der Waals surface area contributed by atoms with Gasteiger partial charge in [0.05, 0.1) is 5.69 Å². The highest BCUT2D eigenvalue weighted by Gasteiger charge is 2.15. The van der Waals surface area contributed by atoms with Gasteiger partial charge in [0.25, 0.3) is 0 Å². The average molecular weight is 422 g/mol. The van der Waals surface area contributed by atoms with Crippen molar-refractivity contribution in [1.29, 1.82) is 0 Å². The van der Waals surface area contributed by atoms with E-state index in [2.05, 4.69) is 28.4 Å². The zero-order chi connectivity index (χ0) is 21.3. The molecule has 0 amide bonds. The number of benzene rings is 2. The molecule has 0 aliphatic heterocycles. The molecule has 0 unspecified atom stereocenters. The van der Waals surface area contributed by atoms with Crippen LogP contribution in [-0.2, 0) is 20.1 Å². The third-order valence-electron chi connectivity index (χ3n) is 4.99. The first-order chi connectivity index (χ1) is 14.5. The Morgan fingerprint density at radius 1 is 1.13 bits per heavy atom. The van der Waals surface area contributed by atoms with E-state index in [9.17, 15) is 4.79 Å². The summed E-state index contributed by atoms with van der Waals surface area (Å²) >= 11 is 1.64. The van der Waals surface area contributed by atoms with Gasteiger partial charge in [-0.3, -0.25) is 0 Å². The number of thiazole rings is 1. The molecule has 0 atom stereocenters. The van der Waals surface area contributed by atoms with Gasteiger partial charge < -0.3 is 4.74 Å². The van der Waals surface area contributed by atoms with Crippen molar-refractivity contribution in [2.45, 2.75) is 33.8 Å². The fourth-order valence-corrected chi connectivity index (χ4v) is 4.16. The summed E-state index contributed by atoms with van der Waals surface area (Å²) in [5, 5.41) is 10.9. The lowest BCUT2D eigenvalue weighted by atomic mass is 10.0. The Hall–Kier alpha value is -3.26. The van der Waals surface area contributed by atoms with Crippen LogP contribution >= 0.6 is 11.3 Å². The van der Waals surface area contributed by atoms with Gasteiger partial charge >= 0.3 is 5.69 Å². The largest absolute Gasteiger partial charge is 0.489 e. The molecule has 2 heterocycles. The van der Waals surface area contributed by atoms with Crippen molar-refractivity contribution in [3.63, 3.8) is 0 Å². The van der Waals surface area contributed by atoms with Crippen LogP contribution in [0.25, 0.3) is 16.3 Å². The van der Waals surface area contributed by atoms with E-state index >= 15 is 0 Å². The van der Waals surface area contributed by atoms with Crippen LogP contribution in [0.15, 0.2) is 46.6 Å². The van der Waals surface area contributed by atoms with Crippen LogP contribution < -0.4 is 10.4 Å². The van der Waals surface area contributed by atoms with Crippen LogP contribution in [0.1, 0.15) is 29.3 Å². The number of ether oxygens (including phenoxy) is 1. The van der Waals surface area contributed by atoms with E-state index in [0.717, 1.165) is 45.1 Å². The molecule has 7 nitrogen and oxygen atoms in total. The van der Waals surface area contributed by atoms with E-state index in [1.165, 1.54) is 9.36 Å². The van der Waals surface area contributed by atoms with Crippen molar-refractivity contribution in [3.8, 4) is 22.0 Å². The minimum atomic E-state index is -0.288. The molecule has 0 bridgehead atoms. The standard InChI is InChI=1S/C22H23N5O2S/c1-5-16-7-6-8-19(27-22(28)26(4)24-25-27)18(16)12-29-20-10-9-17(11-14(20)2)21-23-15(3)13-30-21/h6-11,13H,5,12H2,1-4H3. The van der Waals surface area contributed by atoms with E-state index in [-0.39, 0.29) is 5.69 Å². The highest BCUT2D eigenvalue weighted by molar-refractivity contribution is 7.13. The summed E-state index contributed by atoms with van der Waals surface area (Å²) in [6.45, 7) is 6.44. The van der Waals surface area contributed by atoms with E-state index in [4.69, 9.17) is 4.74 Å². The van der Waals surface area contributed by atoms with Crippen LogP contribution in [0.4, 0.5) is 0 Å². The van der Waals surface area contributed by atoms with E-state index < -0.39 is 0 Å². The second kappa shape index (κ2) is 8.23. The van der Waals surface area contributed by atoms with Crippen LogP contribution in [0.3, 0.4) is 0 Å². The second-order valence-corrected chi connectivity index (χ2v) is 7.99. The van der Waals surface area contributed by atoms with Gasteiger partial charge in [-0.15, -0.1) is 11.3 Å². The highest BCUT2D eigenvalue weighted by atomic mass is 32.1. The maximum Gasteiger partial charge on any atom is 0.368 e. The van der Waals surface area contributed by atoms with Crippen molar-refractivity contribution >= 4 is 11.3 Å². The zero-order valence-corrected chi connectivity index (χ0v) is 18.2. The number of aromatic nitrogens is 5. The monoisotopic (exact) mass is 421 g/mol. The summed E-state index contributed by atoms with van der Waals surface area (Å²) < 4.78 is 8.72. The Morgan fingerprint density at radius 2 is 1.97 bits per heavy atom. The van der Waals surface area contributed by atoms with Crippen LogP contribution in [0.5, 0.6) is 5.75 Å². The van der Waals surface area contributed by atoms with Gasteiger partial charge in [-0.1, -0.05) is 19.1 Å². The van der Waals surface area contributed by atoms with E-state index in [1.807, 2.05) is 49.6 Å². The lowest BCUT2D eigenvalue weighted by Gasteiger charge is -2.15. The Bertz CT molecular complexity index is 1250. The lowest BCUT2D eigenvalue weighted by molar-refractivity contribution is 0.302. The molecular formula is C22H23N5O2S. The number of aryl methyl sites for hydroxylation is 4. The summed E-state index contributed by atoms with van der Waals surface area (Å²) in [5.74, 6) is 0.801. The Balaban J connectivity index is 1.64. The van der Waals surface area contributed by atoms with Crippen molar-refractivity contribution in [3.05, 3.63) is 74.6 Å². The zero-order valence-electron chi connectivity index (χ0n) is 17.4. The fraction of sp³-hybridized carbons (Fsp3) is 0.273. The molecule has 154 valence electrons. The fourth-order valence-electron chi connectivity index (χ4n) is 3.36. The molecule has 4 rings (SSSR count).